The quantitative estimate of drug-likeness (QED) is 0.827. The number of aryl methyl sites for hydroxylation is 1. The molecule has 0 aliphatic rings. The lowest BCUT2D eigenvalue weighted by Crippen LogP contribution is -2.38. The molecule has 4 nitrogen and oxygen atoms in total. The van der Waals surface area contributed by atoms with Crippen LogP contribution in [0.2, 0.25) is 0 Å². The molecule has 19 heavy (non-hydrogen) atoms. The van der Waals surface area contributed by atoms with Gasteiger partial charge in [0, 0.05) is 6.42 Å². The molecular weight excluding hydrogens is 242 g/mol. The van der Waals surface area contributed by atoms with Crippen LogP contribution in [0.3, 0.4) is 0 Å². The molecule has 0 radical (unpaired) electrons. The average molecular weight is 263 g/mol. The van der Waals surface area contributed by atoms with Crippen LogP contribution in [0.15, 0.2) is 24.3 Å². The zero-order valence-electron chi connectivity index (χ0n) is 11.6. The minimum Gasteiger partial charge on any atom is -0.480 e. The maximum Gasteiger partial charge on any atom is 0.325 e. The van der Waals surface area contributed by atoms with Crippen LogP contribution in [0.5, 0.6) is 0 Å². The Hall–Kier alpha value is -1.84. The zero-order valence-corrected chi connectivity index (χ0v) is 11.6. The molecule has 0 saturated heterocycles. The number of benzene rings is 1. The number of rotatable bonds is 6. The van der Waals surface area contributed by atoms with Gasteiger partial charge in [-0.1, -0.05) is 38.1 Å². The summed E-state index contributed by atoms with van der Waals surface area (Å²) in [6.45, 7) is 5.52. The van der Waals surface area contributed by atoms with E-state index in [1.807, 2.05) is 19.1 Å². The number of hydrogen-bond acceptors (Lipinski definition) is 2. The second kappa shape index (κ2) is 6.92. The molecule has 0 spiro atoms. The third-order valence-corrected chi connectivity index (χ3v) is 3.20. The van der Waals surface area contributed by atoms with Gasteiger partial charge in [-0.05, 0) is 30.4 Å². The molecular formula is C15H21NO3. The van der Waals surface area contributed by atoms with E-state index >= 15 is 0 Å². The number of carbonyl (C=O) groups excluding carboxylic acids is 1. The van der Waals surface area contributed by atoms with Crippen molar-refractivity contribution in [2.24, 2.45) is 0 Å². The first-order valence-corrected chi connectivity index (χ1v) is 6.55. The Kier molecular flexibility index (Phi) is 5.55. The second-order valence-electron chi connectivity index (χ2n) is 4.83. The smallest absolute Gasteiger partial charge is 0.325 e. The summed E-state index contributed by atoms with van der Waals surface area (Å²) in [4.78, 5) is 22.3. The van der Waals surface area contributed by atoms with Crippen molar-refractivity contribution in [3.63, 3.8) is 0 Å². The highest BCUT2D eigenvalue weighted by Crippen LogP contribution is 2.19. The van der Waals surface area contributed by atoms with Crippen LogP contribution in [-0.2, 0) is 16.0 Å². The minimum atomic E-state index is -1.02. The highest BCUT2D eigenvalue weighted by Gasteiger charge is 2.16. The van der Waals surface area contributed by atoms with E-state index < -0.39 is 12.0 Å². The molecule has 1 aromatic carbocycles. The topological polar surface area (TPSA) is 66.4 Å². The fourth-order valence-corrected chi connectivity index (χ4v) is 1.84. The third-order valence-electron chi connectivity index (χ3n) is 3.20. The Labute approximate surface area is 113 Å². The number of nitrogens with one attached hydrogen (secondary N) is 1. The monoisotopic (exact) mass is 263 g/mol. The lowest BCUT2D eigenvalue weighted by atomic mass is 9.96. The van der Waals surface area contributed by atoms with Crippen molar-refractivity contribution in [2.45, 2.75) is 45.6 Å². The first-order chi connectivity index (χ1) is 8.93. The Morgan fingerprint density at radius 3 is 2.26 bits per heavy atom. The summed E-state index contributed by atoms with van der Waals surface area (Å²) in [5.74, 6) is -1.18. The molecule has 0 heterocycles. The summed E-state index contributed by atoms with van der Waals surface area (Å²) >= 11 is 0. The summed E-state index contributed by atoms with van der Waals surface area (Å²) in [6, 6.07) is 7.32. The van der Waals surface area contributed by atoms with Gasteiger partial charge in [0.25, 0.3) is 0 Å². The summed E-state index contributed by atoms with van der Waals surface area (Å²) in [7, 11) is 0. The highest BCUT2D eigenvalue weighted by molar-refractivity contribution is 5.83. The molecule has 2 N–H and O–H groups in total. The van der Waals surface area contributed by atoms with Gasteiger partial charge in [-0.3, -0.25) is 9.59 Å². The van der Waals surface area contributed by atoms with Crippen molar-refractivity contribution in [1.29, 1.82) is 0 Å². The van der Waals surface area contributed by atoms with Crippen LogP contribution in [0, 0.1) is 0 Å². The Morgan fingerprint density at radius 2 is 1.79 bits per heavy atom. The number of carbonyl (C=O) groups is 2. The van der Waals surface area contributed by atoms with Gasteiger partial charge < -0.3 is 10.4 Å². The minimum absolute atomic E-state index is 0.0758. The molecule has 2 unspecified atom stereocenters. The molecule has 0 bridgehead atoms. The molecule has 104 valence electrons. The first kappa shape index (κ1) is 15.2. The van der Waals surface area contributed by atoms with Gasteiger partial charge in [0.1, 0.15) is 6.04 Å². The van der Waals surface area contributed by atoms with Crippen molar-refractivity contribution in [2.75, 3.05) is 0 Å². The number of carboxylic acids is 1. The molecule has 4 heteroatoms. The summed E-state index contributed by atoms with van der Waals surface area (Å²) < 4.78 is 0. The first-order valence-electron chi connectivity index (χ1n) is 6.55. The summed E-state index contributed by atoms with van der Waals surface area (Å²) in [5, 5.41) is 11.2. The normalized spacial score (nSPS) is 13.6. The van der Waals surface area contributed by atoms with Gasteiger partial charge >= 0.3 is 5.97 Å². The molecule has 0 aromatic heterocycles. The lowest BCUT2D eigenvalue weighted by Gasteiger charge is -2.14. The van der Waals surface area contributed by atoms with Gasteiger partial charge in [-0.15, -0.1) is 0 Å². The number of amides is 1. The van der Waals surface area contributed by atoms with Gasteiger partial charge in [0.15, 0.2) is 0 Å². The molecule has 0 saturated carbocycles. The van der Waals surface area contributed by atoms with Gasteiger partial charge in [-0.2, -0.15) is 0 Å². The average Bonchev–Trinajstić information content (AvgIpc) is 2.38. The van der Waals surface area contributed by atoms with E-state index in [1.54, 1.807) is 0 Å². The third kappa shape index (κ3) is 4.73. The van der Waals surface area contributed by atoms with Crippen LogP contribution < -0.4 is 5.32 Å². The highest BCUT2D eigenvalue weighted by atomic mass is 16.4. The molecule has 0 aliphatic heterocycles. The standard InChI is InChI=1S/C15H21NO3/c1-4-12-5-7-13(8-6-12)10(2)9-14(17)16-11(3)15(18)19/h5-8,10-11H,4,9H2,1-3H3,(H,16,17)(H,18,19). The van der Waals surface area contributed by atoms with Crippen LogP contribution in [0.4, 0.5) is 0 Å². The van der Waals surface area contributed by atoms with Gasteiger partial charge in [0.2, 0.25) is 5.91 Å². The maximum absolute atomic E-state index is 11.7. The fraction of sp³-hybridized carbons (Fsp3) is 0.467. The predicted molar refractivity (Wildman–Crippen MR) is 74.1 cm³/mol. The molecule has 1 rings (SSSR count). The fourth-order valence-electron chi connectivity index (χ4n) is 1.84. The maximum atomic E-state index is 11.7. The largest absolute Gasteiger partial charge is 0.480 e. The summed E-state index contributed by atoms with van der Waals surface area (Å²) in [6.07, 6.45) is 1.29. The van der Waals surface area contributed by atoms with Crippen LogP contribution in [0.1, 0.15) is 44.2 Å². The molecule has 0 aliphatic carbocycles. The van der Waals surface area contributed by atoms with Crippen molar-refractivity contribution < 1.29 is 14.7 Å². The van der Waals surface area contributed by atoms with Crippen LogP contribution in [-0.4, -0.2) is 23.0 Å². The summed E-state index contributed by atoms with van der Waals surface area (Å²) in [5.41, 5.74) is 2.36. The van der Waals surface area contributed by atoms with E-state index in [1.165, 1.54) is 12.5 Å². The van der Waals surface area contributed by atoms with E-state index in [9.17, 15) is 9.59 Å². The Balaban J connectivity index is 2.56. The SMILES string of the molecule is CCc1ccc(C(C)CC(=O)NC(C)C(=O)O)cc1. The molecule has 0 fully saturated rings. The predicted octanol–water partition coefficient (Wildman–Crippen LogP) is 2.33. The molecule has 1 amide bonds. The number of carboxylic acid groups (broad SMARTS) is 1. The van der Waals surface area contributed by atoms with E-state index in [4.69, 9.17) is 5.11 Å². The molecule has 2 atom stereocenters. The number of aliphatic carboxylic acids is 1. The number of hydrogen-bond donors (Lipinski definition) is 2. The van der Waals surface area contributed by atoms with Crippen molar-refractivity contribution >= 4 is 11.9 Å². The van der Waals surface area contributed by atoms with E-state index in [2.05, 4.69) is 24.4 Å². The second-order valence-corrected chi connectivity index (χ2v) is 4.83. The van der Waals surface area contributed by atoms with E-state index in [0.717, 1.165) is 12.0 Å². The van der Waals surface area contributed by atoms with Crippen molar-refractivity contribution in [3.05, 3.63) is 35.4 Å². The molecule has 1 aromatic rings. The van der Waals surface area contributed by atoms with Gasteiger partial charge in [-0.25, -0.2) is 0 Å². The zero-order chi connectivity index (χ0) is 14.4. The Morgan fingerprint density at radius 1 is 1.21 bits per heavy atom. The van der Waals surface area contributed by atoms with E-state index in [-0.39, 0.29) is 11.8 Å². The van der Waals surface area contributed by atoms with Crippen LogP contribution >= 0.6 is 0 Å². The van der Waals surface area contributed by atoms with Crippen molar-refractivity contribution in [1.82, 2.24) is 5.32 Å². The Bertz CT molecular complexity index is 439. The van der Waals surface area contributed by atoms with Gasteiger partial charge in [0.05, 0.1) is 0 Å². The van der Waals surface area contributed by atoms with Crippen LogP contribution in [0.25, 0.3) is 0 Å². The van der Waals surface area contributed by atoms with Crippen molar-refractivity contribution in [3.8, 4) is 0 Å². The van der Waals surface area contributed by atoms with E-state index in [0.29, 0.717) is 6.42 Å². The lowest BCUT2D eigenvalue weighted by molar-refractivity contribution is -0.141.